The highest BCUT2D eigenvalue weighted by molar-refractivity contribution is 5.95. The first kappa shape index (κ1) is 14.4. The number of rotatable bonds is 6. The molecule has 100 valence electrons. The Labute approximate surface area is 108 Å². The van der Waals surface area contributed by atoms with Crippen LogP contribution >= 0.6 is 0 Å². The Morgan fingerprint density at radius 1 is 1.56 bits per heavy atom. The fraction of sp³-hybridized carbons (Fsp3) is 0.538. The molecule has 5 heteroatoms. The number of nitrogens with two attached hydrogens (primary N) is 1. The molecule has 0 aromatic carbocycles. The minimum atomic E-state index is 0.0451. The Morgan fingerprint density at radius 2 is 2.28 bits per heavy atom. The third kappa shape index (κ3) is 4.33. The molecule has 0 saturated heterocycles. The number of hydrogen-bond donors (Lipinski definition) is 2. The zero-order valence-corrected chi connectivity index (χ0v) is 11.3. The van der Waals surface area contributed by atoms with E-state index in [1.165, 1.54) is 0 Å². The molecule has 1 aromatic heterocycles. The molecule has 0 aliphatic heterocycles. The molecule has 0 unspecified atom stereocenters. The minimum Gasteiger partial charge on any atom is -0.409 e. The SMILES string of the molecule is CCN(Cc1ccnc(C(N)=NO)c1)CC(C)C. The van der Waals surface area contributed by atoms with Gasteiger partial charge in [0.15, 0.2) is 5.84 Å². The fourth-order valence-corrected chi connectivity index (χ4v) is 1.84. The van der Waals surface area contributed by atoms with Crippen molar-refractivity contribution in [1.82, 2.24) is 9.88 Å². The highest BCUT2D eigenvalue weighted by atomic mass is 16.4. The van der Waals surface area contributed by atoms with E-state index in [0.717, 1.165) is 25.2 Å². The second-order valence-electron chi connectivity index (χ2n) is 4.76. The normalized spacial score (nSPS) is 12.4. The first-order valence-electron chi connectivity index (χ1n) is 6.22. The summed E-state index contributed by atoms with van der Waals surface area (Å²) in [7, 11) is 0. The maximum absolute atomic E-state index is 8.64. The summed E-state index contributed by atoms with van der Waals surface area (Å²) in [5, 5.41) is 11.6. The van der Waals surface area contributed by atoms with Crippen molar-refractivity contribution in [2.45, 2.75) is 27.3 Å². The van der Waals surface area contributed by atoms with Gasteiger partial charge in [-0.2, -0.15) is 0 Å². The Hall–Kier alpha value is -1.62. The molecule has 0 fully saturated rings. The fourth-order valence-electron chi connectivity index (χ4n) is 1.84. The Morgan fingerprint density at radius 3 is 2.83 bits per heavy atom. The summed E-state index contributed by atoms with van der Waals surface area (Å²) < 4.78 is 0. The van der Waals surface area contributed by atoms with Crippen molar-refractivity contribution in [3.05, 3.63) is 29.6 Å². The van der Waals surface area contributed by atoms with Crippen LogP contribution in [0.4, 0.5) is 0 Å². The summed E-state index contributed by atoms with van der Waals surface area (Å²) in [6.07, 6.45) is 1.69. The lowest BCUT2D eigenvalue weighted by atomic mass is 10.1. The van der Waals surface area contributed by atoms with E-state index in [1.807, 2.05) is 12.1 Å². The first-order chi connectivity index (χ1) is 8.56. The molecule has 1 rings (SSSR count). The van der Waals surface area contributed by atoms with Gasteiger partial charge >= 0.3 is 0 Å². The number of aromatic nitrogens is 1. The van der Waals surface area contributed by atoms with Gasteiger partial charge in [-0.25, -0.2) is 0 Å². The van der Waals surface area contributed by atoms with Crippen molar-refractivity contribution in [3.8, 4) is 0 Å². The second kappa shape index (κ2) is 6.96. The van der Waals surface area contributed by atoms with Crippen molar-refractivity contribution in [1.29, 1.82) is 0 Å². The van der Waals surface area contributed by atoms with Crippen LogP contribution in [-0.2, 0) is 6.54 Å². The van der Waals surface area contributed by atoms with Gasteiger partial charge in [0.05, 0.1) is 0 Å². The van der Waals surface area contributed by atoms with Gasteiger partial charge < -0.3 is 10.9 Å². The Kier molecular flexibility index (Phi) is 5.58. The van der Waals surface area contributed by atoms with Crippen LogP contribution < -0.4 is 5.73 Å². The smallest absolute Gasteiger partial charge is 0.188 e. The standard InChI is InChI=1S/C13H22N4O/c1-4-17(8-10(2)3)9-11-5-6-15-12(7-11)13(14)16-18/h5-7,10,18H,4,8-9H2,1-3H3,(H2,14,16). The van der Waals surface area contributed by atoms with E-state index in [0.29, 0.717) is 11.6 Å². The summed E-state index contributed by atoms with van der Waals surface area (Å²) in [5.41, 5.74) is 7.16. The molecule has 0 radical (unpaired) electrons. The van der Waals surface area contributed by atoms with Crippen molar-refractivity contribution >= 4 is 5.84 Å². The Bertz CT molecular complexity index is 404. The third-order valence-corrected chi connectivity index (χ3v) is 2.67. The quantitative estimate of drug-likeness (QED) is 0.348. The van der Waals surface area contributed by atoms with Crippen LogP contribution in [0.15, 0.2) is 23.5 Å². The van der Waals surface area contributed by atoms with Gasteiger partial charge in [-0.1, -0.05) is 25.9 Å². The highest BCUT2D eigenvalue weighted by Gasteiger charge is 2.08. The van der Waals surface area contributed by atoms with Gasteiger partial charge in [0, 0.05) is 19.3 Å². The van der Waals surface area contributed by atoms with Gasteiger partial charge in [-0.3, -0.25) is 9.88 Å². The minimum absolute atomic E-state index is 0.0451. The molecule has 1 aromatic rings. The molecule has 5 nitrogen and oxygen atoms in total. The van der Waals surface area contributed by atoms with Crippen LogP contribution in [0, 0.1) is 5.92 Å². The lowest BCUT2D eigenvalue weighted by molar-refractivity contribution is 0.248. The van der Waals surface area contributed by atoms with Crippen LogP contribution in [-0.4, -0.2) is 34.0 Å². The maximum atomic E-state index is 8.64. The topological polar surface area (TPSA) is 74.7 Å². The van der Waals surface area contributed by atoms with Crippen LogP contribution in [0.5, 0.6) is 0 Å². The van der Waals surface area contributed by atoms with E-state index < -0.39 is 0 Å². The third-order valence-electron chi connectivity index (χ3n) is 2.67. The molecule has 0 aliphatic carbocycles. The lowest BCUT2D eigenvalue weighted by Crippen LogP contribution is -2.27. The molecule has 0 bridgehead atoms. The average Bonchev–Trinajstić information content (AvgIpc) is 2.36. The first-order valence-corrected chi connectivity index (χ1v) is 6.22. The Balaban J connectivity index is 2.77. The maximum Gasteiger partial charge on any atom is 0.188 e. The van der Waals surface area contributed by atoms with Crippen molar-refractivity contribution in [3.63, 3.8) is 0 Å². The van der Waals surface area contributed by atoms with Crippen molar-refractivity contribution < 1.29 is 5.21 Å². The van der Waals surface area contributed by atoms with E-state index in [-0.39, 0.29) is 5.84 Å². The van der Waals surface area contributed by atoms with Crippen LogP contribution in [0.2, 0.25) is 0 Å². The van der Waals surface area contributed by atoms with E-state index in [9.17, 15) is 0 Å². The van der Waals surface area contributed by atoms with Crippen LogP contribution in [0.3, 0.4) is 0 Å². The van der Waals surface area contributed by atoms with Crippen molar-refractivity contribution in [2.24, 2.45) is 16.8 Å². The summed E-state index contributed by atoms with van der Waals surface area (Å²) in [6.45, 7) is 9.46. The van der Waals surface area contributed by atoms with E-state index in [1.54, 1.807) is 6.20 Å². The summed E-state index contributed by atoms with van der Waals surface area (Å²) >= 11 is 0. The number of amidine groups is 1. The molecular weight excluding hydrogens is 228 g/mol. The number of oxime groups is 1. The van der Waals surface area contributed by atoms with Crippen LogP contribution in [0.25, 0.3) is 0 Å². The number of hydrogen-bond acceptors (Lipinski definition) is 4. The predicted octanol–water partition coefficient (Wildman–Crippen LogP) is 1.65. The van der Waals surface area contributed by atoms with Crippen LogP contribution in [0.1, 0.15) is 32.0 Å². The predicted molar refractivity (Wildman–Crippen MR) is 72.5 cm³/mol. The summed E-state index contributed by atoms with van der Waals surface area (Å²) in [4.78, 5) is 6.43. The average molecular weight is 250 g/mol. The molecule has 18 heavy (non-hydrogen) atoms. The monoisotopic (exact) mass is 250 g/mol. The largest absolute Gasteiger partial charge is 0.409 e. The summed E-state index contributed by atoms with van der Waals surface area (Å²) in [5.74, 6) is 0.680. The number of pyridine rings is 1. The molecular formula is C13H22N4O. The molecule has 0 saturated carbocycles. The van der Waals surface area contributed by atoms with E-state index >= 15 is 0 Å². The molecule has 0 aliphatic rings. The van der Waals surface area contributed by atoms with E-state index in [2.05, 4.69) is 35.8 Å². The zero-order chi connectivity index (χ0) is 13.5. The zero-order valence-electron chi connectivity index (χ0n) is 11.3. The van der Waals surface area contributed by atoms with Crippen molar-refractivity contribution in [2.75, 3.05) is 13.1 Å². The van der Waals surface area contributed by atoms with Gasteiger partial charge in [-0.15, -0.1) is 0 Å². The molecule has 0 amide bonds. The lowest BCUT2D eigenvalue weighted by Gasteiger charge is -2.22. The molecule has 0 atom stereocenters. The molecule has 0 spiro atoms. The van der Waals surface area contributed by atoms with Gasteiger partial charge in [-0.05, 0) is 30.2 Å². The van der Waals surface area contributed by atoms with Gasteiger partial charge in [0.25, 0.3) is 0 Å². The van der Waals surface area contributed by atoms with E-state index in [4.69, 9.17) is 10.9 Å². The molecule has 3 N–H and O–H groups in total. The number of nitrogens with zero attached hydrogens (tertiary/aromatic N) is 3. The second-order valence-corrected chi connectivity index (χ2v) is 4.76. The molecule has 1 heterocycles. The summed E-state index contributed by atoms with van der Waals surface area (Å²) in [6, 6.07) is 3.81. The van der Waals surface area contributed by atoms with Gasteiger partial charge in [0.1, 0.15) is 5.69 Å². The highest BCUT2D eigenvalue weighted by Crippen LogP contribution is 2.08. The van der Waals surface area contributed by atoms with Gasteiger partial charge in [0.2, 0.25) is 0 Å².